The minimum atomic E-state index is 0.199. The van der Waals surface area contributed by atoms with Crippen molar-refractivity contribution in [2.45, 2.75) is 19.4 Å². The summed E-state index contributed by atoms with van der Waals surface area (Å²) in [7, 11) is 0. The molecule has 7 heteroatoms. The molecule has 0 bridgehead atoms. The zero-order chi connectivity index (χ0) is 10.7. The quantitative estimate of drug-likeness (QED) is 0.590. The number of fused-ring (bicyclic) bond motifs is 1. The average Bonchev–Trinajstić information content (AvgIpc) is 2.64. The second-order valence-electron chi connectivity index (χ2n) is 3.15. The number of unbranched alkanes of at least 4 members (excludes halogenated alkanes) is 1. The highest BCUT2D eigenvalue weighted by molar-refractivity contribution is 7.71. The van der Waals surface area contributed by atoms with Gasteiger partial charge in [-0.25, -0.2) is 9.67 Å². The van der Waals surface area contributed by atoms with E-state index in [0.29, 0.717) is 16.7 Å². The maximum atomic E-state index is 8.67. The van der Waals surface area contributed by atoms with Crippen molar-refractivity contribution in [2.24, 2.45) is 0 Å². The van der Waals surface area contributed by atoms with Gasteiger partial charge in [0.1, 0.15) is 0 Å². The molecule has 0 saturated carbocycles. The zero-order valence-corrected chi connectivity index (χ0v) is 8.87. The summed E-state index contributed by atoms with van der Waals surface area (Å²) in [6.07, 6.45) is 3.15. The number of aromatic nitrogens is 5. The predicted octanol–water partition coefficient (Wildman–Crippen LogP) is 0.656. The van der Waals surface area contributed by atoms with Crippen LogP contribution in [0, 0.1) is 4.64 Å². The molecule has 0 aromatic carbocycles. The molecule has 15 heavy (non-hydrogen) atoms. The molecule has 0 aliphatic rings. The molecule has 6 nitrogen and oxygen atoms in total. The molecule has 2 aromatic heterocycles. The molecule has 2 rings (SSSR count). The maximum Gasteiger partial charge on any atom is 0.166 e. The fourth-order valence-corrected chi connectivity index (χ4v) is 1.53. The van der Waals surface area contributed by atoms with Crippen LogP contribution in [0.2, 0.25) is 0 Å². The third-order valence-corrected chi connectivity index (χ3v) is 2.40. The van der Waals surface area contributed by atoms with E-state index in [1.54, 1.807) is 4.68 Å². The van der Waals surface area contributed by atoms with E-state index in [-0.39, 0.29) is 6.61 Å². The van der Waals surface area contributed by atoms with Gasteiger partial charge in [0.25, 0.3) is 0 Å². The number of aliphatic hydroxyl groups excluding tert-OH is 1. The molecule has 0 atom stereocenters. The summed E-state index contributed by atoms with van der Waals surface area (Å²) in [5, 5.41) is 16.6. The smallest absolute Gasteiger partial charge is 0.166 e. The molecule has 0 amide bonds. The van der Waals surface area contributed by atoms with Crippen LogP contribution < -0.4 is 0 Å². The number of nitrogens with one attached hydrogen (secondary N) is 1. The number of nitrogens with zero attached hydrogens (tertiary/aromatic N) is 4. The molecule has 0 aliphatic heterocycles. The Kier molecular flexibility index (Phi) is 3.02. The lowest BCUT2D eigenvalue weighted by Gasteiger charge is -1.99. The highest BCUT2D eigenvalue weighted by Gasteiger charge is 2.05. The number of aryl methyl sites for hydroxylation is 1. The van der Waals surface area contributed by atoms with Gasteiger partial charge in [-0.1, -0.05) is 17.4 Å². The Morgan fingerprint density at radius 2 is 2.33 bits per heavy atom. The predicted molar refractivity (Wildman–Crippen MR) is 56.8 cm³/mol. The van der Waals surface area contributed by atoms with Crippen molar-refractivity contribution in [1.82, 2.24) is 25.0 Å². The van der Waals surface area contributed by atoms with E-state index in [4.69, 9.17) is 17.3 Å². The van der Waals surface area contributed by atoms with Gasteiger partial charge in [0, 0.05) is 13.2 Å². The lowest BCUT2D eigenvalue weighted by Crippen LogP contribution is -2.02. The number of hydrogen-bond donors (Lipinski definition) is 2. The second kappa shape index (κ2) is 4.45. The molecule has 0 fully saturated rings. The summed E-state index contributed by atoms with van der Waals surface area (Å²) in [4.78, 5) is 6.89. The monoisotopic (exact) mass is 225 g/mol. The van der Waals surface area contributed by atoms with Gasteiger partial charge in [-0.15, -0.1) is 5.10 Å². The van der Waals surface area contributed by atoms with Gasteiger partial charge < -0.3 is 10.1 Å². The summed E-state index contributed by atoms with van der Waals surface area (Å²) in [5.74, 6) is 0. The number of hydrogen-bond acceptors (Lipinski definition) is 5. The van der Waals surface area contributed by atoms with Gasteiger partial charge in [-0.05, 0) is 12.8 Å². The number of aromatic amines is 1. The number of H-pyrrole nitrogens is 1. The molecular formula is C8H11N5OS. The van der Waals surface area contributed by atoms with Gasteiger partial charge in [0.2, 0.25) is 0 Å². The number of aliphatic hydroxyl groups is 1. The third kappa shape index (κ3) is 2.02. The topological polar surface area (TPSA) is 79.6 Å². The van der Waals surface area contributed by atoms with E-state index in [2.05, 4.69) is 20.3 Å². The molecule has 0 unspecified atom stereocenters. The van der Waals surface area contributed by atoms with Crippen LogP contribution in [-0.2, 0) is 6.54 Å². The molecule has 0 aliphatic carbocycles. The Bertz CT molecular complexity index is 505. The van der Waals surface area contributed by atoms with E-state index in [9.17, 15) is 0 Å². The van der Waals surface area contributed by atoms with E-state index in [1.165, 1.54) is 6.33 Å². The van der Waals surface area contributed by atoms with Gasteiger partial charge in [-0.2, -0.15) is 0 Å². The van der Waals surface area contributed by atoms with Crippen molar-refractivity contribution in [3.63, 3.8) is 0 Å². The molecule has 80 valence electrons. The SMILES string of the molecule is OCCCCn1nnc2c(=S)nc[nH]c21. The van der Waals surface area contributed by atoms with Crippen LogP contribution in [0.5, 0.6) is 0 Å². The molecular weight excluding hydrogens is 214 g/mol. The van der Waals surface area contributed by atoms with Gasteiger partial charge in [0.05, 0.1) is 6.33 Å². The van der Waals surface area contributed by atoms with E-state index < -0.39 is 0 Å². The summed E-state index contributed by atoms with van der Waals surface area (Å²) in [6.45, 7) is 0.913. The van der Waals surface area contributed by atoms with Crippen LogP contribution in [-0.4, -0.2) is 36.7 Å². The largest absolute Gasteiger partial charge is 0.396 e. The Hall–Kier alpha value is -1.34. The fraction of sp³-hybridized carbons (Fsp3) is 0.500. The Morgan fingerprint density at radius 1 is 1.47 bits per heavy atom. The summed E-state index contributed by atoms with van der Waals surface area (Å²) < 4.78 is 2.19. The molecule has 0 radical (unpaired) electrons. The highest BCUT2D eigenvalue weighted by atomic mass is 32.1. The Balaban J connectivity index is 2.29. The normalized spacial score (nSPS) is 11.0. The molecule has 0 spiro atoms. The molecule has 0 saturated heterocycles. The molecule has 2 aromatic rings. The highest BCUT2D eigenvalue weighted by Crippen LogP contribution is 2.07. The van der Waals surface area contributed by atoms with E-state index in [1.807, 2.05) is 0 Å². The van der Waals surface area contributed by atoms with Crippen LogP contribution in [0.1, 0.15) is 12.8 Å². The van der Waals surface area contributed by atoms with Crippen molar-refractivity contribution in [3.05, 3.63) is 11.0 Å². The average molecular weight is 225 g/mol. The summed E-state index contributed by atoms with van der Waals surface area (Å²) >= 11 is 5.02. The molecule has 2 heterocycles. The minimum absolute atomic E-state index is 0.199. The van der Waals surface area contributed by atoms with Gasteiger partial charge in [-0.3, -0.25) is 0 Å². The lowest BCUT2D eigenvalue weighted by molar-refractivity contribution is 0.280. The zero-order valence-electron chi connectivity index (χ0n) is 8.05. The van der Waals surface area contributed by atoms with E-state index >= 15 is 0 Å². The second-order valence-corrected chi connectivity index (χ2v) is 3.53. The standard InChI is InChI=1S/C8H11N5OS/c14-4-2-1-3-13-7-6(11-12-13)8(15)10-5-9-7/h5,14H,1-4H2,(H,9,10,15). The van der Waals surface area contributed by atoms with Crippen molar-refractivity contribution >= 4 is 23.4 Å². The maximum absolute atomic E-state index is 8.67. The van der Waals surface area contributed by atoms with Crippen molar-refractivity contribution in [2.75, 3.05) is 6.61 Å². The number of rotatable bonds is 4. The Labute approximate surface area is 91.0 Å². The van der Waals surface area contributed by atoms with Crippen molar-refractivity contribution in [3.8, 4) is 0 Å². The van der Waals surface area contributed by atoms with Crippen molar-refractivity contribution < 1.29 is 5.11 Å². The first-order chi connectivity index (χ1) is 7.33. The summed E-state index contributed by atoms with van der Waals surface area (Å²) in [6, 6.07) is 0. The Morgan fingerprint density at radius 3 is 3.13 bits per heavy atom. The lowest BCUT2D eigenvalue weighted by atomic mass is 10.3. The van der Waals surface area contributed by atoms with Crippen LogP contribution in [0.4, 0.5) is 0 Å². The fourth-order valence-electron chi connectivity index (χ4n) is 1.34. The molecule has 2 N–H and O–H groups in total. The van der Waals surface area contributed by atoms with Crippen LogP contribution >= 0.6 is 12.2 Å². The van der Waals surface area contributed by atoms with Crippen molar-refractivity contribution in [1.29, 1.82) is 0 Å². The first-order valence-electron chi connectivity index (χ1n) is 4.70. The van der Waals surface area contributed by atoms with Crippen LogP contribution in [0.15, 0.2) is 6.33 Å². The van der Waals surface area contributed by atoms with Crippen LogP contribution in [0.3, 0.4) is 0 Å². The minimum Gasteiger partial charge on any atom is -0.396 e. The first-order valence-corrected chi connectivity index (χ1v) is 5.11. The van der Waals surface area contributed by atoms with E-state index in [0.717, 1.165) is 18.5 Å². The third-order valence-electron chi connectivity index (χ3n) is 2.10. The first kappa shape index (κ1) is 10.2. The summed E-state index contributed by atoms with van der Waals surface area (Å²) in [5.41, 5.74) is 1.41. The van der Waals surface area contributed by atoms with Gasteiger partial charge >= 0.3 is 0 Å². The van der Waals surface area contributed by atoms with Gasteiger partial charge in [0.15, 0.2) is 15.8 Å². The van der Waals surface area contributed by atoms with Crippen LogP contribution in [0.25, 0.3) is 11.2 Å².